The van der Waals surface area contributed by atoms with Crippen molar-refractivity contribution >= 4 is 23.2 Å². The minimum absolute atomic E-state index is 0.0605. The van der Waals surface area contributed by atoms with E-state index in [4.69, 9.17) is 27.9 Å². The van der Waals surface area contributed by atoms with Gasteiger partial charge >= 0.3 is 0 Å². The Morgan fingerprint density at radius 3 is 2.33 bits per heavy atom. The third-order valence-electron chi connectivity index (χ3n) is 2.21. The molecule has 18 heavy (non-hydrogen) atoms. The van der Waals surface area contributed by atoms with Crippen LogP contribution in [0.1, 0.15) is 20.8 Å². The van der Waals surface area contributed by atoms with Crippen LogP contribution in [0.3, 0.4) is 0 Å². The van der Waals surface area contributed by atoms with Crippen LogP contribution in [0.15, 0.2) is 30.4 Å². The summed E-state index contributed by atoms with van der Waals surface area (Å²) in [6.45, 7) is 11.4. The van der Waals surface area contributed by atoms with Crippen molar-refractivity contribution in [2.24, 2.45) is 0 Å². The van der Waals surface area contributed by atoms with Gasteiger partial charge in [-0.15, -0.1) is 0 Å². The molecule has 0 unspecified atom stereocenters. The molecule has 0 aliphatic heterocycles. The first kappa shape index (κ1) is 15.4. The van der Waals surface area contributed by atoms with Gasteiger partial charge in [-0.3, -0.25) is 0 Å². The van der Waals surface area contributed by atoms with E-state index in [0.29, 0.717) is 28.9 Å². The summed E-state index contributed by atoms with van der Waals surface area (Å²) in [5.74, 6) is 0.512. The summed E-state index contributed by atoms with van der Waals surface area (Å²) in [5, 5.41) is 4.37. The highest BCUT2D eigenvalue weighted by molar-refractivity contribution is 6.37. The van der Waals surface area contributed by atoms with E-state index < -0.39 is 0 Å². The maximum Gasteiger partial charge on any atom is 0.156 e. The first-order valence-corrected chi connectivity index (χ1v) is 6.53. The van der Waals surface area contributed by atoms with Gasteiger partial charge in [-0.25, -0.2) is 0 Å². The fourth-order valence-electron chi connectivity index (χ4n) is 1.24. The fraction of sp³-hybridized carbons (Fsp3) is 0.429. The van der Waals surface area contributed by atoms with Crippen LogP contribution in [0.5, 0.6) is 5.75 Å². The van der Waals surface area contributed by atoms with E-state index in [0.717, 1.165) is 5.57 Å². The van der Waals surface area contributed by atoms with Gasteiger partial charge in [-0.1, -0.05) is 35.8 Å². The van der Waals surface area contributed by atoms with Crippen LogP contribution < -0.4 is 10.1 Å². The molecule has 1 aromatic carbocycles. The monoisotopic (exact) mass is 287 g/mol. The molecule has 0 aliphatic carbocycles. The number of para-hydroxylation sites is 1. The van der Waals surface area contributed by atoms with Crippen molar-refractivity contribution in [3.8, 4) is 5.75 Å². The number of benzene rings is 1. The lowest BCUT2D eigenvalue weighted by molar-refractivity contribution is 0.342. The third-order valence-corrected chi connectivity index (χ3v) is 2.80. The summed E-state index contributed by atoms with van der Waals surface area (Å²) in [6, 6.07) is 5.28. The van der Waals surface area contributed by atoms with Crippen molar-refractivity contribution in [3.63, 3.8) is 0 Å². The minimum Gasteiger partial charge on any atom is -0.486 e. The zero-order valence-corrected chi connectivity index (χ0v) is 12.5. The molecule has 1 rings (SSSR count). The first-order valence-electron chi connectivity index (χ1n) is 5.78. The van der Waals surface area contributed by atoms with Crippen LogP contribution >= 0.6 is 23.2 Å². The molecule has 1 aromatic rings. The Kier molecular flexibility index (Phi) is 5.51. The highest BCUT2D eigenvalue weighted by Crippen LogP contribution is 2.32. The van der Waals surface area contributed by atoms with Crippen molar-refractivity contribution in [1.82, 2.24) is 5.32 Å². The largest absolute Gasteiger partial charge is 0.486 e. The number of ether oxygens (including phenoxy) is 1. The lowest BCUT2D eigenvalue weighted by atomic mass is 10.1. The van der Waals surface area contributed by atoms with E-state index in [1.54, 1.807) is 18.2 Å². The second-order valence-corrected chi connectivity index (χ2v) is 6.01. The number of hydrogen-bond acceptors (Lipinski definition) is 2. The molecule has 0 atom stereocenters. The molecular weight excluding hydrogens is 269 g/mol. The SMILES string of the molecule is C=C(CNC(C)(C)C)COc1c(Cl)cccc1Cl. The highest BCUT2D eigenvalue weighted by atomic mass is 35.5. The molecule has 0 aliphatic rings. The van der Waals surface area contributed by atoms with E-state index in [-0.39, 0.29) is 5.54 Å². The summed E-state index contributed by atoms with van der Waals surface area (Å²) >= 11 is 12.0. The molecule has 0 amide bonds. The van der Waals surface area contributed by atoms with Crippen LogP contribution in [0, 0.1) is 0 Å². The number of halogens is 2. The molecule has 0 fully saturated rings. The van der Waals surface area contributed by atoms with Crippen LogP contribution in [-0.2, 0) is 0 Å². The number of nitrogens with one attached hydrogen (secondary N) is 1. The average molecular weight is 288 g/mol. The standard InChI is InChI=1S/C14H19Cl2NO/c1-10(8-17-14(2,3)4)9-18-13-11(15)6-5-7-12(13)16/h5-7,17H,1,8-9H2,2-4H3. The van der Waals surface area contributed by atoms with Gasteiger partial charge in [0.05, 0.1) is 10.0 Å². The van der Waals surface area contributed by atoms with E-state index >= 15 is 0 Å². The zero-order valence-electron chi connectivity index (χ0n) is 11.0. The van der Waals surface area contributed by atoms with Gasteiger partial charge in [0.25, 0.3) is 0 Å². The Morgan fingerprint density at radius 2 is 1.83 bits per heavy atom. The van der Waals surface area contributed by atoms with Crippen molar-refractivity contribution in [2.75, 3.05) is 13.2 Å². The first-order chi connectivity index (χ1) is 8.29. The molecule has 4 heteroatoms. The molecule has 0 bridgehead atoms. The fourth-order valence-corrected chi connectivity index (χ4v) is 1.74. The Morgan fingerprint density at radius 1 is 1.28 bits per heavy atom. The Labute approximate surface area is 119 Å². The number of rotatable bonds is 5. The van der Waals surface area contributed by atoms with Gasteiger partial charge in [0.1, 0.15) is 6.61 Å². The second-order valence-electron chi connectivity index (χ2n) is 5.19. The zero-order chi connectivity index (χ0) is 13.8. The molecule has 0 saturated carbocycles. The van der Waals surface area contributed by atoms with Crippen molar-refractivity contribution in [1.29, 1.82) is 0 Å². The van der Waals surface area contributed by atoms with Gasteiger partial charge in [0.15, 0.2) is 5.75 Å². The van der Waals surface area contributed by atoms with E-state index in [1.807, 2.05) is 0 Å². The van der Waals surface area contributed by atoms with Gasteiger partial charge in [-0.2, -0.15) is 0 Å². The third kappa shape index (κ3) is 5.30. The van der Waals surface area contributed by atoms with E-state index in [1.165, 1.54) is 0 Å². The Bertz CT molecular complexity index is 404. The molecular formula is C14H19Cl2NO. The van der Waals surface area contributed by atoms with Crippen molar-refractivity contribution in [2.45, 2.75) is 26.3 Å². The summed E-state index contributed by atoms with van der Waals surface area (Å²) in [4.78, 5) is 0. The summed E-state index contributed by atoms with van der Waals surface area (Å²) in [7, 11) is 0. The molecule has 0 spiro atoms. The quantitative estimate of drug-likeness (QED) is 0.815. The predicted octanol–water partition coefficient (Wildman–Crippen LogP) is 4.32. The van der Waals surface area contributed by atoms with Crippen molar-refractivity contribution < 1.29 is 4.74 Å². The van der Waals surface area contributed by atoms with Gasteiger partial charge in [-0.05, 0) is 38.5 Å². The lowest BCUT2D eigenvalue weighted by Crippen LogP contribution is -2.37. The summed E-state index contributed by atoms with van der Waals surface area (Å²) < 4.78 is 5.59. The molecule has 0 aromatic heterocycles. The van der Waals surface area contributed by atoms with E-state index in [2.05, 4.69) is 32.7 Å². The highest BCUT2D eigenvalue weighted by Gasteiger charge is 2.10. The van der Waals surface area contributed by atoms with Crippen LogP contribution in [0.25, 0.3) is 0 Å². The Hall–Kier alpha value is -0.700. The Balaban J connectivity index is 2.48. The maximum absolute atomic E-state index is 6.01. The van der Waals surface area contributed by atoms with Crippen LogP contribution in [-0.4, -0.2) is 18.7 Å². The lowest BCUT2D eigenvalue weighted by Gasteiger charge is -2.21. The van der Waals surface area contributed by atoms with Gasteiger partial charge < -0.3 is 10.1 Å². The average Bonchev–Trinajstić information content (AvgIpc) is 2.25. The normalized spacial score (nSPS) is 11.4. The summed E-state index contributed by atoms with van der Waals surface area (Å²) in [5.41, 5.74) is 1.01. The summed E-state index contributed by atoms with van der Waals surface area (Å²) in [6.07, 6.45) is 0. The number of hydrogen-bond donors (Lipinski definition) is 1. The molecule has 0 saturated heterocycles. The second kappa shape index (κ2) is 6.46. The van der Waals surface area contributed by atoms with E-state index in [9.17, 15) is 0 Å². The maximum atomic E-state index is 6.01. The molecule has 100 valence electrons. The van der Waals surface area contributed by atoms with Gasteiger partial charge in [0, 0.05) is 12.1 Å². The van der Waals surface area contributed by atoms with Crippen molar-refractivity contribution in [3.05, 3.63) is 40.4 Å². The molecule has 0 radical (unpaired) electrons. The van der Waals surface area contributed by atoms with Gasteiger partial charge in [0.2, 0.25) is 0 Å². The smallest absolute Gasteiger partial charge is 0.156 e. The molecule has 1 N–H and O–H groups in total. The minimum atomic E-state index is 0.0605. The topological polar surface area (TPSA) is 21.3 Å². The molecule has 2 nitrogen and oxygen atoms in total. The van der Waals surface area contributed by atoms with Crippen LogP contribution in [0.4, 0.5) is 0 Å². The molecule has 0 heterocycles. The van der Waals surface area contributed by atoms with Crippen LogP contribution in [0.2, 0.25) is 10.0 Å². The predicted molar refractivity (Wildman–Crippen MR) is 78.9 cm³/mol.